The van der Waals surface area contributed by atoms with E-state index < -0.39 is 0 Å². The summed E-state index contributed by atoms with van der Waals surface area (Å²) in [5, 5.41) is 5.97. The van der Waals surface area contributed by atoms with Gasteiger partial charge in [0, 0.05) is 31.9 Å². The Morgan fingerprint density at radius 2 is 1.59 bits per heavy atom. The van der Waals surface area contributed by atoms with Gasteiger partial charge in [-0.25, -0.2) is 0 Å². The lowest BCUT2D eigenvalue weighted by molar-refractivity contribution is -0.128. The standard InChI is InChI=1S/C23H31N3O3/c1-17(2)16-29-21-12-10-19(11-13-21)24-15-22(27)25-20-8-5-18(6-9-20)7-14-23(28)26(3)4/h5-6,8-13,17,24H,7,14-16H2,1-4H3,(H,25,27). The van der Waals surface area contributed by atoms with Crippen LogP contribution in [0, 0.1) is 5.92 Å². The number of hydrogen-bond acceptors (Lipinski definition) is 4. The average molecular weight is 398 g/mol. The number of amides is 2. The molecule has 2 N–H and O–H groups in total. The predicted molar refractivity (Wildman–Crippen MR) is 117 cm³/mol. The monoisotopic (exact) mass is 397 g/mol. The molecule has 0 aromatic heterocycles. The summed E-state index contributed by atoms with van der Waals surface area (Å²) in [4.78, 5) is 25.4. The number of benzene rings is 2. The maximum absolute atomic E-state index is 12.2. The van der Waals surface area contributed by atoms with E-state index in [9.17, 15) is 9.59 Å². The van der Waals surface area contributed by atoms with Crippen LogP contribution in [0.15, 0.2) is 48.5 Å². The van der Waals surface area contributed by atoms with Crippen molar-refractivity contribution in [3.63, 3.8) is 0 Å². The van der Waals surface area contributed by atoms with E-state index in [-0.39, 0.29) is 18.4 Å². The highest BCUT2D eigenvalue weighted by Crippen LogP contribution is 2.16. The van der Waals surface area contributed by atoms with Crippen molar-refractivity contribution in [1.29, 1.82) is 0 Å². The zero-order valence-corrected chi connectivity index (χ0v) is 17.7. The van der Waals surface area contributed by atoms with Crippen LogP contribution in [0.1, 0.15) is 25.8 Å². The summed E-state index contributed by atoms with van der Waals surface area (Å²) in [5.41, 5.74) is 2.66. The topological polar surface area (TPSA) is 70.7 Å². The van der Waals surface area contributed by atoms with Crippen LogP contribution in [0.3, 0.4) is 0 Å². The van der Waals surface area contributed by atoms with Crippen LogP contribution in [0.25, 0.3) is 0 Å². The van der Waals surface area contributed by atoms with Crippen LogP contribution in [-0.2, 0) is 16.0 Å². The van der Waals surface area contributed by atoms with Crippen LogP contribution in [0.2, 0.25) is 0 Å². The minimum Gasteiger partial charge on any atom is -0.493 e. The molecule has 0 heterocycles. The number of hydrogen-bond donors (Lipinski definition) is 2. The predicted octanol–water partition coefficient (Wildman–Crippen LogP) is 3.79. The van der Waals surface area contributed by atoms with E-state index in [0.29, 0.717) is 25.4 Å². The van der Waals surface area contributed by atoms with E-state index in [0.717, 1.165) is 22.7 Å². The molecule has 0 aliphatic carbocycles. The molecule has 0 unspecified atom stereocenters. The molecule has 6 heteroatoms. The minimum atomic E-state index is -0.124. The van der Waals surface area contributed by atoms with Gasteiger partial charge in [-0.05, 0) is 54.3 Å². The highest BCUT2D eigenvalue weighted by molar-refractivity contribution is 5.93. The normalized spacial score (nSPS) is 10.5. The highest BCUT2D eigenvalue weighted by Gasteiger charge is 2.06. The Kier molecular flexibility index (Phi) is 8.52. The molecule has 0 aliphatic heterocycles. The average Bonchev–Trinajstić information content (AvgIpc) is 2.70. The zero-order valence-electron chi connectivity index (χ0n) is 17.7. The number of rotatable bonds is 10. The Labute approximate surface area is 173 Å². The first-order valence-corrected chi connectivity index (χ1v) is 9.89. The third kappa shape index (κ3) is 8.25. The lowest BCUT2D eigenvalue weighted by Gasteiger charge is -2.11. The number of aryl methyl sites for hydroxylation is 1. The van der Waals surface area contributed by atoms with Crippen molar-refractivity contribution in [3.8, 4) is 5.75 Å². The number of anilines is 2. The fourth-order valence-corrected chi connectivity index (χ4v) is 2.55. The van der Waals surface area contributed by atoms with Crippen LogP contribution < -0.4 is 15.4 Å². The molecule has 0 saturated carbocycles. The molecule has 6 nitrogen and oxygen atoms in total. The van der Waals surface area contributed by atoms with Gasteiger partial charge in [-0.3, -0.25) is 9.59 Å². The quantitative estimate of drug-likeness (QED) is 0.640. The molecule has 0 spiro atoms. The van der Waals surface area contributed by atoms with Gasteiger partial charge in [-0.1, -0.05) is 26.0 Å². The van der Waals surface area contributed by atoms with Crippen molar-refractivity contribution < 1.29 is 14.3 Å². The third-order valence-electron chi connectivity index (χ3n) is 4.25. The van der Waals surface area contributed by atoms with Gasteiger partial charge in [0.25, 0.3) is 0 Å². The Morgan fingerprint density at radius 3 is 2.17 bits per heavy atom. The van der Waals surface area contributed by atoms with E-state index in [1.165, 1.54) is 0 Å². The van der Waals surface area contributed by atoms with E-state index in [1.807, 2.05) is 48.5 Å². The summed E-state index contributed by atoms with van der Waals surface area (Å²) in [7, 11) is 3.51. The SMILES string of the molecule is CC(C)COc1ccc(NCC(=O)Nc2ccc(CCC(=O)N(C)C)cc2)cc1. The lowest BCUT2D eigenvalue weighted by Crippen LogP contribution is -2.22. The minimum absolute atomic E-state index is 0.105. The molecule has 0 bridgehead atoms. The third-order valence-corrected chi connectivity index (χ3v) is 4.25. The van der Waals surface area contributed by atoms with Gasteiger partial charge < -0.3 is 20.3 Å². The summed E-state index contributed by atoms with van der Waals surface area (Å²) in [6.45, 7) is 5.06. The summed E-state index contributed by atoms with van der Waals surface area (Å²) < 4.78 is 5.65. The van der Waals surface area contributed by atoms with Gasteiger partial charge in [0.1, 0.15) is 5.75 Å². The van der Waals surface area contributed by atoms with Gasteiger partial charge >= 0.3 is 0 Å². The highest BCUT2D eigenvalue weighted by atomic mass is 16.5. The molecular weight excluding hydrogens is 366 g/mol. The molecule has 2 aromatic carbocycles. The number of carbonyl (C=O) groups is 2. The summed E-state index contributed by atoms with van der Waals surface area (Å²) in [6.07, 6.45) is 1.16. The first-order valence-electron chi connectivity index (χ1n) is 9.89. The molecule has 2 amide bonds. The molecule has 0 saturated heterocycles. The van der Waals surface area contributed by atoms with E-state index in [1.54, 1.807) is 19.0 Å². The van der Waals surface area contributed by atoms with Crippen LogP contribution in [0.4, 0.5) is 11.4 Å². The van der Waals surface area contributed by atoms with Crippen molar-refractivity contribution in [1.82, 2.24) is 4.90 Å². The Hall–Kier alpha value is -3.02. The first kappa shape index (κ1) is 22.3. The fraction of sp³-hybridized carbons (Fsp3) is 0.391. The van der Waals surface area contributed by atoms with Crippen molar-refractivity contribution in [3.05, 3.63) is 54.1 Å². The molecule has 0 fully saturated rings. The second-order valence-electron chi connectivity index (χ2n) is 7.62. The maximum Gasteiger partial charge on any atom is 0.243 e. The van der Waals surface area contributed by atoms with Crippen LogP contribution in [0.5, 0.6) is 5.75 Å². The number of nitrogens with one attached hydrogen (secondary N) is 2. The van der Waals surface area contributed by atoms with Crippen molar-refractivity contribution in [2.75, 3.05) is 37.9 Å². The molecule has 0 aliphatic rings. The molecule has 0 radical (unpaired) electrons. The first-order chi connectivity index (χ1) is 13.8. The molecule has 29 heavy (non-hydrogen) atoms. The molecule has 156 valence electrons. The Balaban J connectivity index is 1.75. The van der Waals surface area contributed by atoms with Gasteiger partial charge in [-0.15, -0.1) is 0 Å². The summed E-state index contributed by atoms with van der Waals surface area (Å²) >= 11 is 0. The molecule has 2 aromatic rings. The Bertz CT molecular complexity index is 784. The zero-order chi connectivity index (χ0) is 21.2. The second-order valence-corrected chi connectivity index (χ2v) is 7.62. The van der Waals surface area contributed by atoms with E-state index in [2.05, 4.69) is 24.5 Å². The molecule has 0 atom stereocenters. The molecular formula is C23H31N3O3. The van der Waals surface area contributed by atoms with Gasteiger partial charge in [0.2, 0.25) is 11.8 Å². The van der Waals surface area contributed by atoms with Crippen molar-refractivity contribution in [2.24, 2.45) is 5.92 Å². The largest absolute Gasteiger partial charge is 0.493 e. The maximum atomic E-state index is 12.2. The van der Waals surface area contributed by atoms with Crippen LogP contribution in [-0.4, -0.2) is 44.0 Å². The van der Waals surface area contributed by atoms with Gasteiger partial charge in [-0.2, -0.15) is 0 Å². The second kappa shape index (κ2) is 11.1. The number of nitrogens with zero attached hydrogens (tertiary/aromatic N) is 1. The van der Waals surface area contributed by atoms with Gasteiger partial charge in [0.15, 0.2) is 0 Å². The Morgan fingerprint density at radius 1 is 0.966 bits per heavy atom. The summed E-state index contributed by atoms with van der Waals surface area (Å²) in [5.74, 6) is 1.28. The molecule has 2 rings (SSSR count). The lowest BCUT2D eigenvalue weighted by atomic mass is 10.1. The number of ether oxygens (including phenoxy) is 1. The van der Waals surface area contributed by atoms with E-state index >= 15 is 0 Å². The number of carbonyl (C=O) groups excluding carboxylic acids is 2. The smallest absolute Gasteiger partial charge is 0.243 e. The van der Waals surface area contributed by atoms with Crippen LogP contribution >= 0.6 is 0 Å². The van der Waals surface area contributed by atoms with Crippen molar-refractivity contribution >= 4 is 23.2 Å². The van der Waals surface area contributed by atoms with Gasteiger partial charge in [0.05, 0.1) is 13.2 Å². The van der Waals surface area contributed by atoms with E-state index in [4.69, 9.17) is 4.74 Å². The summed E-state index contributed by atoms with van der Waals surface area (Å²) in [6, 6.07) is 15.1. The fourth-order valence-electron chi connectivity index (χ4n) is 2.55. The van der Waals surface area contributed by atoms with Crippen molar-refractivity contribution in [2.45, 2.75) is 26.7 Å².